The van der Waals surface area contributed by atoms with E-state index in [1.54, 1.807) is 11.8 Å². The maximum absolute atomic E-state index is 8.79. The Bertz CT molecular complexity index is 899. The minimum Gasteiger partial charge on any atom is -0.394 e. The second-order valence-corrected chi connectivity index (χ2v) is 7.97. The lowest BCUT2D eigenvalue weighted by Crippen LogP contribution is -2.49. The molecule has 1 saturated heterocycles. The molecule has 0 unspecified atom stereocenters. The molecule has 0 aromatic heterocycles. The number of rotatable bonds is 5. The van der Waals surface area contributed by atoms with Gasteiger partial charge in [0.15, 0.2) is 0 Å². The summed E-state index contributed by atoms with van der Waals surface area (Å²) in [4.78, 5) is 20.6. The number of benzene rings is 2. The second kappa shape index (κ2) is 11.7. The molecule has 0 saturated carbocycles. The van der Waals surface area contributed by atoms with Gasteiger partial charge in [-0.2, -0.15) is 0 Å². The van der Waals surface area contributed by atoms with Gasteiger partial charge in [0, 0.05) is 48.1 Å². The van der Waals surface area contributed by atoms with E-state index in [-0.39, 0.29) is 6.61 Å². The van der Waals surface area contributed by atoms with Crippen molar-refractivity contribution in [3.8, 4) is 0 Å². The Morgan fingerprint density at radius 3 is 2.35 bits per heavy atom. The lowest BCUT2D eigenvalue weighted by atomic mass is 10.1. The van der Waals surface area contributed by atoms with Crippen molar-refractivity contribution in [1.82, 2.24) is 9.80 Å². The van der Waals surface area contributed by atoms with Crippen LogP contribution in [0.25, 0.3) is 0 Å². The van der Waals surface area contributed by atoms with Crippen LogP contribution in [-0.4, -0.2) is 78.4 Å². The molecule has 2 aromatic carbocycles. The largest absolute Gasteiger partial charge is 0.394 e. The normalized spacial score (nSPS) is 15.6. The summed E-state index contributed by atoms with van der Waals surface area (Å²) in [6.07, 6.45) is 0. The van der Waals surface area contributed by atoms with Crippen LogP contribution in [0.5, 0.6) is 0 Å². The number of piperazine rings is 1. The van der Waals surface area contributed by atoms with Gasteiger partial charge in [-0.1, -0.05) is 42.1 Å². The summed E-state index contributed by atoms with van der Waals surface area (Å²) < 4.78 is 5.40. The number of amidine groups is 1. The van der Waals surface area contributed by atoms with E-state index < -0.39 is 5.09 Å². The van der Waals surface area contributed by atoms with Gasteiger partial charge in [0.25, 0.3) is 0 Å². The van der Waals surface area contributed by atoms with Crippen LogP contribution < -0.4 is 0 Å². The summed E-state index contributed by atoms with van der Waals surface area (Å²) in [5.41, 5.74) is 2.27. The van der Waals surface area contributed by atoms with Crippen molar-refractivity contribution in [1.29, 1.82) is 0 Å². The Balaban J connectivity index is 0.000000628. The number of para-hydroxylation sites is 1. The molecule has 2 aliphatic rings. The maximum Gasteiger partial charge on any atom is 0.137 e. The second-order valence-electron chi connectivity index (χ2n) is 6.89. The molecule has 0 aliphatic carbocycles. The fraction of sp³-hybridized carbons (Fsp3) is 0.381. The first kappa shape index (κ1) is 23.0. The van der Waals surface area contributed by atoms with Crippen molar-refractivity contribution in [2.24, 2.45) is 4.99 Å². The van der Waals surface area contributed by atoms with Gasteiger partial charge >= 0.3 is 0 Å². The van der Waals surface area contributed by atoms with Crippen LogP contribution in [0.15, 0.2) is 63.3 Å². The van der Waals surface area contributed by atoms with Crippen LogP contribution in [0.1, 0.15) is 5.56 Å². The quantitative estimate of drug-likeness (QED) is 0.424. The van der Waals surface area contributed by atoms with E-state index in [1.165, 1.54) is 15.4 Å². The van der Waals surface area contributed by atoms with Gasteiger partial charge in [-0.15, -0.1) is 0 Å². The van der Waals surface area contributed by atoms with Gasteiger partial charge in [-0.25, -0.2) is 4.99 Å². The first-order valence-electron chi connectivity index (χ1n) is 10.0. The van der Waals surface area contributed by atoms with Gasteiger partial charge in [0.1, 0.15) is 5.84 Å². The van der Waals surface area contributed by atoms with Gasteiger partial charge in [0.2, 0.25) is 0 Å². The van der Waals surface area contributed by atoms with Crippen LogP contribution in [0.3, 0.4) is 0 Å². The van der Waals surface area contributed by atoms with Crippen molar-refractivity contribution in [2.45, 2.75) is 9.79 Å². The highest BCUT2D eigenvalue weighted by atomic mass is 32.2. The predicted molar refractivity (Wildman–Crippen MR) is 119 cm³/mol. The summed E-state index contributed by atoms with van der Waals surface area (Å²) >= 11 is 1.80. The fourth-order valence-electron chi connectivity index (χ4n) is 3.45. The van der Waals surface area contributed by atoms with Crippen LogP contribution in [0.2, 0.25) is 0 Å². The van der Waals surface area contributed by atoms with Gasteiger partial charge in [-0.05, 0) is 18.2 Å². The molecule has 2 heterocycles. The Hall–Kier alpha value is -2.66. The summed E-state index contributed by atoms with van der Waals surface area (Å²) in [5.74, 6) is 1.08. The molecule has 0 radical (unpaired) electrons. The molecule has 1 N–H and O–H groups in total. The minimum atomic E-state index is -1.75. The number of ether oxygens (including phenoxy) is 1. The zero-order valence-electron chi connectivity index (χ0n) is 17.1. The van der Waals surface area contributed by atoms with Gasteiger partial charge in [0.05, 0.1) is 30.6 Å². The zero-order chi connectivity index (χ0) is 22.1. The third kappa shape index (κ3) is 6.66. The standard InChI is InChI=1S/C21H25N3O2S.NO3/c25-14-16-26-15-13-23-9-11-24(12-10-23)21-17-5-1-3-7-19(17)27-20-8-4-2-6-18(20)22-21;2-1(3)4/h1-8,25H,9-16H2;/q;-1. The number of aliphatic hydroxyl groups is 1. The van der Waals surface area contributed by atoms with Gasteiger partial charge < -0.3 is 30.1 Å². The molecule has 2 aromatic rings. The first-order chi connectivity index (χ1) is 15.1. The van der Waals surface area contributed by atoms with Crippen LogP contribution in [-0.2, 0) is 4.74 Å². The number of nitrogens with zero attached hydrogens (tertiary/aromatic N) is 4. The molecule has 31 heavy (non-hydrogen) atoms. The lowest BCUT2D eigenvalue weighted by Gasteiger charge is -2.36. The van der Waals surface area contributed by atoms with E-state index in [0.29, 0.717) is 13.2 Å². The number of hydrogen-bond acceptors (Lipinski definition) is 9. The summed E-state index contributed by atoms with van der Waals surface area (Å²) in [6, 6.07) is 16.9. The third-order valence-electron chi connectivity index (χ3n) is 4.90. The highest BCUT2D eigenvalue weighted by Gasteiger charge is 2.24. The molecule has 0 spiro atoms. The van der Waals surface area contributed by atoms with Crippen LogP contribution >= 0.6 is 11.8 Å². The third-order valence-corrected chi connectivity index (χ3v) is 6.04. The molecule has 9 nitrogen and oxygen atoms in total. The van der Waals surface area contributed by atoms with E-state index in [0.717, 1.165) is 44.2 Å². The molecule has 166 valence electrons. The van der Waals surface area contributed by atoms with E-state index in [1.807, 2.05) is 0 Å². The topological polar surface area (TPSA) is 114 Å². The monoisotopic (exact) mass is 445 g/mol. The van der Waals surface area contributed by atoms with Gasteiger partial charge in [-0.3, -0.25) is 4.90 Å². The molecule has 0 atom stereocenters. The maximum atomic E-state index is 8.79. The highest BCUT2D eigenvalue weighted by Crippen LogP contribution is 2.40. The molecule has 0 bridgehead atoms. The Morgan fingerprint density at radius 2 is 1.65 bits per heavy atom. The number of aliphatic hydroxyl groups excluding tert-OH is 1. The number of hydrogen-bond donors (Lipinski definition) is 1. The summed E-state index contributed by atoms with van der Waals surface area (Å²) in [7, 11) is 0. The van der Waals surface area contributed by atoms with E-state index in [2.05, 4.69) is 58.3 Å². The van der Waals surface area contributed by atoms with Crippen molar-refractivity contribution in [3.63, 3.8) is 0 Å². The number of aliphatic imine (C=N–C) groups is 1. The molecule has 0 amide bonds. The average Bonchev–Trinajstić information content (AvgIpc) is 2.94. The van der Waals surface area contributed by atoms with E-state index >= 15 is 0 Å². The predicted octanol–water partition coefficient (Wildman–Crippen LogP) is 2.62. The number of fused-ring (bicyclic) bond motifs is 2. The van der Waals surface area contributed by atoms with Crippen molar-refractivity contribution in [3.05, 3.63) is 69.4 Å². The van der Waals surface area contributed by atoms with Crippen LogP contribution in [0, 0.1) is 15.3 Å². The summed E-state index contributed by atoms with van der Waals surface area (Å²) in [5, 5.41) is 23.5. The summed E-state index contributed by atoms with van der Waals surface area (Å²) in [6.45, 7) is 6.01. The zero-order valence-corrected chi connectivity index (χ0v) is 17.9. The Morgan fingerprint density at radius 1 is 1.00 bits per heavy atom. The minimum absolute atomic E-state index is 0.0898. The van der Waals surface area contributed by atoms with E-state index in [9.17, 15) is 0 Å². The average molecular weight is 446 g/mol. The molecule has 10 heteroatoms. The molecular formula is C21H25N4O5S-. The Kier molecular flexibility index (Phi) is 8.65. The fourth-order valence-corrected chi connectivity index (χ4v) is 4.47. The highest BCUT2D eigenvalue weighted by molar-refractivity contribution is 7.99. The Labute approximate surface area is 185 Å². The molecule has 2 aliphatic heterocycles. The smallest absolute Gasteiger partial charge is 0.137 e. The molecule has 4 rings (SSSR count). The van der Waals surface area contributed by atoms with Crippen molar-refractivity contribution >= 4 is 23.3 Å². The lowest BCUT2D eigenvalue weighted by molar-refractivity contribution is -0.402. The molecule has 1 fully saturated rings. The van der Waals surface area contributed by atoms with Crippen molar-refractivity contribution in [2.75, 3.05) is 52.5 Å². The van der Waals surface area contributed by atoms with Crippen molar-refractivity contribution < 1.29 is 14.9 Å². The van der Waals surface area contributed by atoms with E-state index in [4.69, 9.17) is 30.2 Å². The first-order valence-corrected chi connectivity index (χ1v) is 10.8. The van der Waals surface area contributed by atoms with Crippen LogP contribution in [0.4, 0.5) is 5.69 Å². The molecular weight excluding hydrogens is 420 g/mol. The SMILES string of the molecule is O=[N+]([O-])[O-].OCCOCCN1CCN(C2=Nc3ccccc3Sc3ccccc32)CC1.